The van der Waals surface area contributed by atoms with Crippen molar-refractivity contribution in [2.45, 2.75) is 26.7 Å². The summed E-state index contributed by atoms with van der Waals surface area (Å²) < 4.78 is 1.99. The molecule has 4 nitrogen and oxygen atoms in total. The first-order valence-corrected chi connectivity index (χ1v) is 8.84. The lowest BCUT2D eigenvalue weighted by atomic mass is 10.1. The van der Waals surface area contributed by atoms with Crippen LogP contribution < -0.4 is 5.43 Å². The maximum absolute atomic E-state index is 12.3. The molecular weight excluding hydrogens is 322 g/mol. The summed E-state index contributed by atoms with van der Waals surface area (Å²) >= 11 is 0. The van der Waals surface area contributed by atoms with Crippen molar-refractivity contribution in [1.82, 2.24) is 9.99 Å². The third kappa shape index (κ3) is 4.28. The highest BCUT2D eigenvalue weighted by molar-refractivity contribution is 6.00. The van der Waals surface area contributed by atoms with Gasteiger partial charge in [0.15, 0.2) is 0 Å². The number of rotatable bonds is 6. The van der Waals surface area contributed by atoms with E-state index in [4.69, 9.17) is 0 Å². The van der Waals surface area contributed by atoms with E-state index < -0.39 is 0 Å². The van der Waals surface area contributed by atoms with Crippen LogP contribution in [0.15, 0.2) is 78.2 Å². The van der Waals surface area contributed by atoms with Crippen molar-refractivity contribution < 1.29 is 4.79 Å². The van der Waals surface area contributed by atoms with E-state index in [1.165, 1.54) is 5.56 Å². The van der Waals surface area contributed by atoms with E-state index in [0.29, 0.717) is 5.56 Å². The zero-order valence-electron chi connectivity index (χ0n) is 15.1. The molecule has 0 bridgehead atoms. The Morgan fingerprint density at radius 3 is 2.19 bits per heavy atom. The van der Waals surface area contributed by atoms with Crippen LogP contribution in [0.5, 0.6) is 0 Å². The molecule has 0 atom stereocenters. The lowest BCUT2D eigenvalue weighted by Crippen LogP contribution is -2.19. The lowest BCUT2D eigenvalue weighted by Gasteiger charge is -2.06. The number of benzene rings is 2. The third-order valence-electron chi connectivity index (χ3n) is 4.27. The maximum atomic E-state index is 12.3. The van der Waals surface area contributed by atoms with Crippen molar-refractivity contribution in [2.24, 2.45) is 5.10 Å². The predicted molar refractivity (Wildman–Crippen MR) is 106 cm³/mol. The van der Waals surface area contributed by atoms with Gasteiger partial charge in [-0.1, -0.05) is 37.6 Å². The molecule has 4 heteroatoms. The molecule has 0 unspecified atom stereocenters. The molecule has 3 aromatic rings. The fourth-order valence-electron chi connectivity index (χ4n) is 2.76. The molecule has 1 heterocycles. The number of carbonyl (C=O) groups excluding carboxylic acids is 1. The fourth-order valence-corrected chi connectivity index (χ4v) is 2.76. The Kier molecular flexibility index (Phi) is 5.64. The molecular formula is C22H23N3O. The number of aromatic nitrogens is 1. The number of amides is 1. The van der Waals surface area contributed by atoms with Crippen LogP contribution in [0.4, 0.5) is 0 Å². The Balaban J connectivity index is 1.64. The molecule has 1 N–H and O–H groups in total. The van der Waals surface area contributed by atoms with Crippen LogP contribution in [0, 0.1) is 0 Å². The number of carbonyl (C=O) groups is 1. The summed E-state index contributed by atoms with van der Waals surface area (Å²) in [6, 6.07) is 19.7. The first kappa shape index (κ1) is 17.7. The minimum absolute atomic E-state index is 0.217. The Bertz CT molecular complexity index is 876. The highest BCUT2D eigenvalue weighted by Crippen LogP contribution is 2.11. The minimum atomic E-state index is -0.217. The second kappa shape index (κ2) is 8.30. The van der Waals surface area contributed by atoms with Crippen molar-refractivity contribution in [3.05, 3.63) is 89.7 Å². The lowest BCUT2D eigenvalue weighted by molar-refractivity contribution is 0.0955. The molecule has 1 aromatic heterocycles. The number of aryl methyl sites for hydroxylation is 1. The second-order valence-corrected chi connectivity index (χ2v) is 6.22. The number of nitrogens with one attached hydrogen (secondary N) is 1. The van der Waals surface area contributed by atoms with Crippen LogP contribution in [0.1, 0.15) is 41.8 Å². The van der Waals surface area contributed by atoms with E-state index >= 15 is 0 Å². The summed E-state index contributed by atoms with van der Waals surface area (Å²) in [5, 5.41) is 4.23. The normalized spacial score (nSPS) is 11.4. The van der Waals surface area contributed by atoms with Crippen molar-refractivity contribution >= 4 is 11.6 Å². The monoisotopic (exact) mass is 345 g/mol. The zero-order chi connectivity index (χ0) is 18.4. The van der Waals surface area contributed by atoms with E-state index in [-0.39, 0.29) is 5.91 Å². The van der Waals surface area contributed by atoms with Gasteiger partial charge >= 0.3 is 0 Å². The Morgan fingerprint density at radius 2 is 1.58 bits per heavy atom. The highest BCUT2D eigenvalue weighted by Gasteiger charge is 2.06. The van der Waals surface area contributed by atoms with Crippen LogP contribution in [0.2, 0.25) is 0 Å². The summed E-state index contributed by atoms with van der Waals surface area (Å²) in [7, 11) is 0. The first-order chi connectivity index (χ1) is 12.7. The number of nitrogens with zero attached hydrogens (tertiary/aromatic N) is 2. The quantitative estimate of drug-likeness (QED) is 0.516. The third-order valence-corrected chi connectivity index (χ3v) is 4.27. The van der Waals surface area contributed by atoms with Gasteiger partial charge in [0.2, 0.25) is 0 Å². The summed E-state index contributed by atoms with van der Waals surface area (Å²) in [4.78, 5) is 12.3. The number of hydrogen-bond acceptors (Lipinski definition) is 2. The number of hydrazone groups is 1. The topological polar surface area (TPSA) is 46.4 Å². The van der Waals surface area contributed by atoms with Gasteiger partial charge < -0.3 is 4.57 Å². The predicted octanol–water partition coefficient (Wildman–Crippen LogP) is 4.58. The van der Waals surface area contributed by atoms with E-state index in [2.05, 4.69) is 29.6 Å². The van der Waals surface area contributed by atoms with Gasteiger partial charge in [0.1, 0.15) is 0 Å². The molecule has 0 fully saturated rings. The standard InChI is InChI=1S/C22H23N3O/c1-3-6-18-7-9-19(10-8-18)17(2)23-24-22(26)20-11-13-21(14-12-20)25-15-4-5-16-25/h4-5,7-16H,3,6H2,1-2H3,(H,24,26)/b23-17-. The molecule has 3 rings (SSSR count). The van der Waals surface area contributed by atoms with Crippen LogP contribution in [-0.2, 0) is 6.42 Å². The summed E-state index contributed by atoms with van der Waals surface area (Å²) in [5.41, 5.74) is 7.33. The Hall–Kier alpha value is -3.14. The molecule has 0 aliphatic heterocycles. The van der Waals surface area contributed by atoms with Crippen LogP contribution in [0.3, 0.4) is 0 Å². The first-order valence-electron chi connectivity index (χ1n) is 8.84. The van der Waals surface area contributed by atoms with Gasteiger partial charge in [0.25, 0.3) is 5.91 Å². The average Bonchev–Trinajstić information content (AvgIpc) is 3.21. The molecule has 0 saturated heterocycles. The summed E-state index contributed by atoms with van der Waals surface area (Å²) in [6.45, 7) is 4.06. The smallest absolute Gasteiger partial charge is 0.271 e. The van der Waals surface area contributed by atoms with Crippen molar-refractivity contribution in [3.63, 3.8) is 0 Å². The van der Waals surface area contributed by atoms with Crippen molar-refractivity contribution in [1.29, 1.82) is 0 Å². The highest BCUT2D eigenvalue weighted by atomic mass is 16.2. The molecule has 0 aliphatic rings. The van der Waals surface area contributed by atoms with Crippen LogP contribution >= 0.6 is 0 Å². The zero-order valence-corrected chi connectivity index (χ0v) is 15.1. The largest absolute Gasteiger partial charge is 0.324 e. The van der Waals surface area contributed by atoms with Crippen LogP contribution in [0.25, 0.3) is 5.69 Å². The maximum Gasteiger partial charge on any atom is 0.271 e. The van der Waals surface area contributed by atoms with Crippen molar-refractivity contribution in [3.8, 4) is 5.69 Å². The molecule has 2 aromatic carbocycles. The average molecular weight is 345 g/mol. The fraction of sp³-hybridized carbons (Fsp3) is 0.182. The summed E-state index contributed by atoms with van der Waals surface area (Å²) in [6.07, 6.45) is 6.14. The summed E-state index contributed by atoms with van der Waals surface area (Å²) in [5.74, 6) is -0.217. The van der Waals surface area contributed by atoms with E-state index in [9.17, 15) is 4.79 Å². The van der Waals surface area contributed by atoms with Gasteiger partial charge in [0.05, 0.1) is 5.71 Å². The molecule has 0 radical (unpaired) electrons. The second-order valence-electron chi connectivity index (χ2n) is 6.22. The van der Waals surface area contributed by atoms with Gasteiger partial charge in [-0.3, -0.25) is 4.79 Å². The van der Waals surface area contributed by atoms with Gasteiger partial charge in [0, 0.05) is 23.6 Å². The SMILES string of the molecule is CCCc1ccc(/C(C)=N\NC(=O)c2ccc(-n3cccc3)cc2)cc1. The van der Waals surface area contributed by atoms with Crippen LogP contribution in [-0.4, -0.2) is 16.2 Å². The Labute approximate surface area is 154 Å². The number of hydrogen-bond donors (Lipinski definition) is 1. The molecule has 0 saturated carbocycles. The molecule has 0 aliphatic carbocycles. The van der Waals surface area contributed by atoms with E-state index in [0.717, 1.165) is 29.8 Å². The van der Waals surface area contributed by atoms with Gasteiger partial charge in [-0.25, -0.2) is 5.43 Å². The van der Waals surface area contributed by atoms with Gasteiger partial charge in [-0.2, -0.15) is 5.10 Å². The van der Waals surface area contributed by atoms with E-state index in [1.54, 1.807) is 12.1 Å². The minimum Gasteiger partial charge on any atom is -0.324 e. The van der Waals surface area contributed by atoms with Gasteiger partial charge in [-0.05, 0) is 60.9 Å². The molecule has 0 spiro atoms. The molecule has 1 amide bonds. The molecule has 26 heavy (non-hydrogen) atoms. The Morgan fingerprint density at radius 1 is 0.962 bits per heavy atom. The molecule has 132 valence electrons. The van der Waals surface area contributed by atoms with Crippen molar-refractivity contribution in [2.75, 3.05) is 0 Å². The van der Waals surface area contributed by atoms with E-state index in [1.807, 2.05) is 60.3 Å². The van der Waals surface area contributed by atoms with Gasteiger partial charge in [-0.15, -0.1) is 0 Å².